The molecule has 0 spiro atoms. The summed E-state index contributed by atoms with van der Waals surface area (Å²) in [4.78, 5) is 12.5. The third-order valence-corrected chi connectivity index (χ3v) is 5.76. The molecule has 0 unspecified atom stereocenters. The first-order chi connectivity index (χ1) is 10.7. The summed E-state index contributed by atoms with van der Waals surface area (Å²) in [5, 5.41) is 2.75. The summed E-state index contributed by atoms with van der Waals surface area (Å²) < 4.78 is 26.5. The monoisotopic (exact) mass is 334 g/mol. The van der Waals surface area contributed by atoms with E-state index in [1.807, 2.05) is 19.9 Å². The molecule has 124 valence electrons. The summed E-state index contributed by atoms with van der Waals surface area (Å²) in [5.41, 5.74) is 2.49. The van der Waals surface area contributed by atoms with Crippen molar-refractivity contribution in [3.05, 3.63) is 53.3 Å². The second-order valence-corrected chi connectivity index (χ2v) is 7.92. The predicted octanol–water partition coefficient (Wildman–Crippen LogP) is 2.23. The SMILES string of the molecule is Cc1ccc(S(=O)(=O)C[C@H](C)NC(=O)c2ccc(C)n2C)cc1. The van der Waals surface area contributed by atoms with Gasteiger partial charge in [-0.2, -0.15) is 0 Å². The van der Waals surface area contributed by atoms with E-state index in [1.54, 1.807) is 48.9 Å². The van der Waals surface area contributed by atoms with Crippen LogP contribution >= 0.6 is 0 Å². The van der Waals surface area contributed by atoms with Crippen LogP contribution in [-0.4, -0.2) is 30.7 Å². The second kappa shape index (κ2) is 6.58. The van der Waals surface area contributed by atoms with Crippen molar-refractivity contribution in [2.75, 3.05) is 5.75 Å². The van der Waals surface area contributed by atoms with Crippen LogP contribution in [0.3, 0.4) is 0 Å². The van der Waals surface area contributed by atoms with E-state index in [4.69, 9.17) is 0 Å². The Morgan fingerprint density at radius 1 is 1.13 bits per heavy atom. The third kappa shape index (κ3) is 4.01. The van der Waals surface area contributed by atoms with Crippen LogP contribution in [0.1, 0.15) is 28.7 Å². The minimum absolute atomic E-state index is 0.134. The van der Waals surface area contributed by atoms with Gasteiger partial charge in [0.25, 0.3) is 5.91 Å². The molecule has 1 N–H and O–H groups in total. The van der Waals surface area contributed by atoms with Gasteiger partial charge in [0.15, 0.2) is 9.84 Å². The van der Waals surface area contributed by atoms with Crippen LogP contribution in [0.2, 0.25) is 0 Å². The smallest absolute Gasteiger partial charge is 0.268 e. The molecule has 1 aromatic heterocycles. The Morgan fingerprint density at radius 3 is 2.26 bits per heavy atom. The molecule has 2 rings (SSSR count). The number of aromatic nitrogens is 1. The lowest BCUT2D eigenvalue weighted by Gasteiger charge is -2.15. The Kier molecular flexibility index (Phi) is 4.94. The minimum Gasteiger partial charge on any atom is -0.347 e. The number of carbonyl (C=O) groups is 1. The fourth-order valence-corrected chi connectivity index (χ4v) is 3.84. The van der Waals surface area contributed by atoms with Crippen molar-refractivity contribution in [2.45, 2.75) is 31.7 Å². The number of amides is 1. The van der Waals surface area contributed by atoms with Gasteiger partial charge in [0.1, 0.15) is 5.69 Å². The molecule has 0 aliphatic rings. The topological polar surface area (TPSA) is 68.2 Å². The summed E-state index contributed by atoms with van der Waals surface area (Å²) in [6, 6.07) is 9.82. The molecule has 2 aromatic rings. The van der Waals surface area contributed by atoms with Crippen LogP contribution in [0.15, 0.2) is 41.3 Å². The molecule has 0 aliphatic carbocycles. The molecule has 1 aromatic carbocycles. The van der Waals surface area contributed by atoms with Crippen LogP contribution in [0.5, 0.6) is 0 Å². The maximum Gasteiger partial charge on any atom is 0.268 e. The van der Waals surface area contributed by atoms with Crippen molar-refractivity contribution in [2.24, 2.45) is 7.05 Å². The third-order valence-electron chi connectivity index (χ3n) is 3.83. The molecule has 0 fully saturated rings. The minimum atomic E-state index is -3.43. The van der Waals surface area contributed by atoms with Crippen molar-refractivity contribution in [3.8, 4) is 0 Å². The molecule has 23 heavy (non-hydrogen) atoms. The Labute approximate surface area is 137 Å². The van der Waals surface area contributed by atoms with Crippen molar-refractivity contribution >= 4 is 15.7 Å². The van der Waals surface area contributed by atoms with Gasteiger partial charge in [-0.05, 0) is 45.0 Å². The van der Waals surface area contributed by atoms with Crippen LogP contribution in [0.25, 0.3) is 0 Å². The highest BCUT2D eigenvalue weighted by molar-refractivity contribution is 7.91. The van der Waals surface area contributed by atoms with E-state index in [9.17, 15) is 13.2 Å². The lowest BCUT2D eigenvalue weighted by molar-refractivity contribution is 0.0935. The van der Waals surface area contributed by atoms with Crippen molar-refractivity contribution in [1.82, 2.24) is 9.88 Å². The molecular weight excluding hydrogens is 312 g/mol. The van der Waals surface area contributed by atoms with Crippen molar-refractivity contribution in [1.29, 1.82) is 0 Å². The quantitative estimate of drug-likeness (QED) is 0.912. The Hall–Kier alpha value is -2.08. The molecular formula is C17H22N2O3S. The lowest BCUT2D eigenvalue weighted by Crippen LogP contribution is -2.38. The maximum atomic E-state index is 12.4. The molecule has 1 heterocycles. The number of nitrogens with zero attached hydrogens (tertiary/aromatic N) is 1. The van der Waals surface area contributed by atoms with Crippen molar-refractivity contribution < 1.29 is 13.2 Å². The number of aryl methyl sites for hydroxylation is 2. The van der Waals surface area contributed by atoms with E-state index in [0.29, 0.717) is 5.69 Å². The van der Waals surface area contributed by atoms with Gasteiger partial charge < -0.3 is 9.88 Å². The van der Waals surface area contributed by atoms with E-state index in [0.717, 1.165) is 11.3 Å². The summed E-state index contributed by atoms with van der Waals surface area (Å²) in [5.74, 6) is -0.405. The number of benzene rings is 1. The first-order valence-electron chi connectivity index (χ1n) is 7.43. The molecule has 0 saturated heterocycles. The molecule has 0 radical (unpaired) electrons. The zero-order valence-corrected chi connectivity index (χ0v) is 14.6. The number of sulfone groups is 1. The summed E-state index contributed by atoms with van der Waals surface area (Å²) >= 11 is 0. The number of carbonyl (C=O) groups excluding carboxylic acids is 1. The average molecular weight is 334 g/mol. The van der Waals surface area contributed by atoms with Gasteiger partial charge in [0.05, 0.1) is 10.6 Å². The van der Waals surface area contributed by atoms with Crippen LogP contribution in [0.4, 0.5) is 0 Å². The summed E-state index contributed by atoms with van der Waals surface area (Å²) in [7, 11) is -1.63. The normalized spacial score (nSPS) is 12.9. The molecule has 1 atom stereocenters. The van der Waals surface area contributed by atoms with Gasteiger partial charge in [0, 0.05) is 18.8 Å². The largest absolute Gasteiger partial charge is 0.347 e. The maximum absolute atomic E-state index is 12.4. The number of nitrogens with one attached hydrogen (secondary N) is 1. The Balaban J connectivity index is 2.06. The highest BCUT2D eigenvalue weighted by Gasteiger charge is 2.21. The number of rotatable bonds is 5. The lowest BCUT2D eigenvalue weighted by atomic mass is 10.2. The zero-order valence-electron chi connectivity index (χ0n) is 13.8. The second-order valence-electron chi connectivity index (χ2n) is 5.89. The van der Waals surface area contributed by atoms with Gasteiger partial charge in [-0.15, -0.1) is 0 Å². The average Bonchev–Trinajstić information content (AvgIpc) is 2.78. The van der Waals surface area contributed by atoms with Crippen LogP contribution in [0, 0.1) is 13.8 Å². The van der Waals surface area contributed by atoms with E-state index in [-0.39, 0.29) is 16.6 Å². The van der Waals surface area contributed by atoms with E-state index in [1.165, 1.54) is 0 Å². The number of hydrogen-bond donors (Lipinski definition) is 1. The van der Waals surface area contributed by atoms with Gasteiger partial charge in [0.2, 0.25) is 0 Å². The van der Waals surface area contributed by atoms with E-state index < -0.39 is 15.9 Å². The van der Waals surface area contributed by atoms with E-state index in [2.05, 4.69) is 5.32 Å². The van der Waals surface area contributed by atoms with Gasteiger partial charge >= 0.3 is 0 Å². The Bertz CT molecular complexity index is 805. The summed E-state index contributed by atoms with van der Waals surface area (Å²) in [6.45, 7) is 5.50. The number of hydrogen-bond acceptors (Lipinski definition) is 3. The first-order valence-corrected chi connectivity index (χ1v) is 9.08. The van der Waals surface area contributed by atoms with Gasteiger partial charge in [-0.1, -0.05) is 17.7 Å². The highest BCUT2D eigenvalue weighted by Crippen LogP contribution is 2.13. The van der Waals surface area contributed by atoms with Gasteiger partial charge in [-0.3, -0.25) is 4.79 Å². The Morgan fingerprint density at radius 2 is 1.74 bits per heavy atom. The van der Waals surface area contributed by atoms with Crippen LogP contribution < -0.4 is 5.32 Å². The van der Waals surface area contributed by atoms with Crippen molar-refractivity contribution in [3.63, 3.8) is 0 Å². The van der Waals surface area contributed by atoms with Gasteiger partial charge in [-0.25, -0.2) is 8.42 Å². The zero-order chi connectivity index (χ0) is 17.2. The molecule has 0 saturated carbocycles. The molecule has 1 amide bonds. The van der Waals surface area contributed by atoms with Crippen LogP contribution in [-0.2, 0) is 16.9 Å². The standard InChI is InChI=1S/C17H22N2O3S/c1-12-5-8-15(9-6-12)23(21,22)11-13(2)18-17(20)16-10-7-14(3)19(16)4/h5-10,13H,11H2,1-4H3,(H,18,20)/t13-/m0/s1. The predicted molar refractivity (Wildman–Crippen MR) is 90.3 cm³/mol. The highest BCUT2D eigenvalue weighted by atomic mass is 32.2. The fraction of sp³-hybridized carbons (Fsp3) is 0.353. The van der Waals surface area contributed by atoms with E-state index >= 15 is 0 Å². The fourth-order valence-electron chi connectivity index (χ4n) is 2.35. The molecule has 5 nitrogen and oxygen atoms in total. The first kappa shape index (κ1) is 17.3. The molecule has 0 bridgehead atoms. The molecule has 0 aliphatic heterocycles. The summed E-state index contributed by atoms with van der Waals surface area (Å²) in [6.07, 6.45) is 0. The molecule has 6 heteroatoms.